The predicted octanol–water partition coefficient (Wildman–Crippen LogP) is 3.35. The van der Waals surface area contributed by atoms with Gasteiger partial charge < -0.3 is 10.3 Å². The Kier molecular flexibility index (Phi) is 5.31. The van der Waals surface area contributed by atoms with Gasteiger partial charge in [-0.05, 0) is 37.6 Å². The number of H-pyrrole nitrogens is 1. The van der Waals surface area contributed by atoms with Crippen molar-refractivity contribution in [2.45, 2.75) is 25.8 Å². The van der Waals surface area contributed by atoms with Crippen molar-refractivity contribution < 1.29 is 22.4 Å². The Morgan fingerprint density at radius 1 is 1.30 bits per heavy atom. The van der Waals surface area contributed by atoms with Crippen LogP contribution in [-0.2, 0) is 10.7 Å². The average molecular weight is 418 g/mol. The van der Waals surface area contributed by atoms with E-state index < -0.39 is 40.6 Å². The van der Waals surface area contributed by atoms with Gasteiger partial charge in [-0.3, -0.25) is 14.6 Å². The fraction of sp³-hybridized carbons (Fsp3) is 0.200. The Labute approximate surface area is 167 Å². The minimum atomic E-state index is -4.34. The molecule has 2 aromatic heterocycles. The number of nitrogens with one attached hydrogen (secondary N) is 2. The van der Waals surface area contributed by atoms with Crippen LogP contribution >= 0.6 is 0 Å². The lowest BCUT2D eigenvalue weighted by Gasteiger charge is -2.21. The van der Waals surface area contributed by atoms with Crippen LogP contribution in [0.2, 0.25) is 0 Å². The van der Waals surface area contributed by atoms with E-state index in [1.807, 2.05) is 5.32 Å². The number of hydrogen-bond donors (Lipinski definition) is 2. The third-order valence-electron chi connectivity index (χ3n) is 4.59. The second-order valence-electron chi connectivity index (χ2n) is 6.59. The second kappa shape index (κ2) is 7.59. The molecule has 154 valence electrons. The van der Waals surface area contributed by atoms with E-state index in [1.165, 1.54) is 19.1 Å². The molecule has 30 heavy (non-hydrogen) atoms. The van der Waals surface area contributed by atoms with E-state index in [9.17, 15) is 27.2 Å². The van der Waals surface area contributed by atoms with Crippen LogP contribution in [0.1, 0.15) is 35.3 Å². The predicted molar refractivity (Wildman–Crippen MR) is 98.6 cm³/mol. The smallest absolute Gasteiger partial charge is 0.342 e. The Balaban J connectivity index is 1.99. The molecular weight excluding hydrogens is 404 g/mol. The van der Waals surface area contributed by atoms with Crippen LogP contribution in [0.3, 0.4) is 0 Å². The molecule has 2 N–H and O–H groups in total. The molecule has 2 heterocycles. The largest absolute Gasteiger partial charge is 0.355 e. The minimum Gasteiger partial charge on any atom is -0.342 e. The van der Waals surface area contributed by atoms with Crippen molar-refractivity contribution in [3.8, 4) is 6.07 Å². The first-order valence-corrected chi connectivity index (χ1v) is 8.63. The summed E-state index contributed by atoms with van der Waals surface area (Å²) in [5.41, 5.74) is -3.29. The number of hydrogen-bond acceptors (Lipinski definition) is 4. The first-order valence-electron chi connectivity index (χ1n) is 8.63. The quantitative estimate of drug-likeness (QED) is 0.635. The summed E-state index contributed by atoms with van der Waals surface area (Å²) in [4.78, 5) is 30.4. The average Bonchev–Trinajstić information content (AvgIpc) is 2.67. The first-order chi connectivity index (χ1) is 14.1. The van der Waals surface area contributed by atoms with E-state index in [0.29, 0.717) is 0 Å². The normalized spacial score (nSPS) is 12.4. The van der Waals surface area contributed by atoms with Crippen molar-refractivity contribution in [1.29, 1.82) is 5.26 Å². The van der Waals surface area contributed by atoms with Crippen LogP contribution in [0.5, 0.6) is 0 Å². The van der Waals surface area contributed by atoms with Crippen molar-refractivity contribution in [1.82, 2.24) is 15.3 Å². The minimum absolute atomic E-state index is 0.00896. The van der Waals surface area contributed by atoms with Gasteiger partial charge in [0.25, 0.3) is 11.5 Å². The van der Waals surface area contributed by atoms with Crippen molar-refractivity contribution in [3.05, 3.63) is 74.8 Å². The zero-order chi connectivity index (χ0) is 22.2. The van der Waals surface area contributed by atoms with Gasteiger partial charge in [0.05, 0.1) is 28.4 Å². The molecule has 0 spiro atoms. The highest BCUT2D eigenvalue weighted by molar-refractivity contribution is 5.89. The van der Waals surface area contributed by atoms with Gasteiger partial charge >= 0.3 is 5.92 Å². The number of nitriles is 1. The Morgan fingerprint density at radius 2 is 2.00 bits per heavy atom. The van der Waals surface area contributed by atoms with Crippen molar-refractivity contribution in [2.24, 2.45) is 0 Å². The number of amides is 1. The summed E-state index contributed by atoms with van der Waals surface area (Å²) in [5.74, 6) is -8.03. The van der Waals surface area contributed by atoms with E-state index in [1.54, 1.807) is 6.07 Å². The third-order valence-corrected chi connectivity index (χ3v) is 4.59. The molecule has 0 unspecified atom stereocenters. The molecule has 10 heteroatoms. The number of aryl methyl sites for hydroxylation is 1. The fourth-order valence-corrected chi connectivity index (χ4v) is 3.17. The SMILES string of the molecule is Cc1c(C(F)(F)C(=O)N[C@@H](C)c2ncc(C#N)cc2F)c(=O)[nH]c2cccc(F)c12. The zero-order valence-corrected chi connectivity index (χ0v) is 15.7. The van der Waals surface area contributed by atoms with Gasteiger partial charge in [0.2, 0.25) is 0 Å². The molecule has 6 nitrogen and oxygen atoms in total. The van der Waals surface area contributed by atoms with Crippen molar-refractivity contribution >= 4 is 16.8 Å². The Morgan fingerprint density at radius 3 is 2.63 bits per heavy atom. The summed E-state index contributed by atoms with van der Waals surface area (Å²) in [6, 6.07) is 4.91. The molecule has 0 radical (unpaired) electrons. The van der Waals surface area contributed by atoms with Crippen molar-refractivity contribution in [3.63, 3.8) is 0 Å². The van der Waals surface area contributed by atoms with Gasteiger partial charge in [-0.15, -0.1) is 0 Å². The molecule has 1 aromatic carbocycles. The Bertz CT molecular complexity index is 1260. The molecule has 0 fully saturated rings. The number of rotatable bonds is 4. The summed E-state index contributed by atoms with van der Waals surface area (Å²) < 4.78 is 58.0. The van der Waals surface area contributed by atoms with E-state index in [0.717, 1.165) is 25.3 Å². The number of aromatic amines is 1. The number of benzene rings is 1. The standard InChI is InChI=1S/C20H14F4N4O2/c1-9-15-12(21)4-3-5-14(15)28-18(29)16(9)20(23,24)19(30)27-10(2)17-13(22)6-11(7-25)8-26-17/h3-6,8,10H,1-2H3,(H,27,30)(H,28,29)/t10-/m0/s1. The van der Waals surface area contributed by atoms with Crippen molar-refractivity contribution in [2.75, 3.05) is 0 Å². The molecule has 0 aliphatic heterocycles. The number of nitrogens with zero attached hydrogens (tertiary/aromatic N) is 2. The van der Waals surface area contributed by atoms with E-state index in [2.05, 4.69) is 9.97 Å². The summed E-state index contributed by atoms with van der Waals surface area (Å²) in [6.45, 7) is 2.32. The lowest BCUT2D eigenvalue weighted by molar-refractivity contribution is -0.148. The zero-order valence-electron chi connectivity index (χ0n) is 15.7. The van der Waals surface area contributed by atoms with E-state index >= 15 is 0 Å². The van der Waals surface area contributed by atoms with Gasteiger partial charge in [0, 0.05) is 11.6 Å². The number of aromatic nitrogens is 2. The lowest BCUT2D eigenvalue weighted by Crippen LogP contribution is -2.43. The first kappa shape index (κ1) is 21.0. The maximum absolute atomic E-state index is 14.9. The molecule has 0 saturated heterocycles. The van der Waals surface area contributed by atoms with Crippen LogP contribution in [0.25, 0.3) is 10.9 Å². The monoisotopic (exact) mass is 418 g/mol. The Hall–Kier alpha value is -3.74. The molecule has 1 amide bonds. The molecule has 3 aromatic rings. The topological polar surface area (TPSA) is 98.6 Å². The molecule has 0 aliphatic rings. The number of fused-ring (bicyclic) bond motifs is 1. The lowest BCUT2D eigenvalue weighted by atomic mass is 9.98. The van der Waals surface area contributed by atoms with Gasteiger partial charge in [-0.2, -0.15) is 14.0 Å². The highest BCUT2D eigenvalue weighted by atomic mass is 19.3. The summed E-state index contributed by atoms with van der Waals surface area (Å²) >= 11 is 0. The number of pyridine rings is 2. The summed E-state index contributed by atoms with van der Waals surface area (Å²) in [6.07, 6.45) is 1.03. The van der Waals surface area contributed by atoms with Gasteiger partial charge in [0.15, 0.2) is 0 Å². The van der Waals surface area contributed by atoms with Crippen LogP contribution in [0, 0.1) is 29.9 Å². The maximum atomic E-state index is 14.9. The van der Waals surface area contributed by atoms with E-state index in [-0.39, 0.29) is 27.7 Å². The van der Waals surface area contributed by atoms with E-state index in [4.69, 9.17) is 5.26 Å². The summed E-state index contributed by atoms with van der Waals surface area (Å²) in [7, 11) is 0. The second-order valence-corrected chi connectivity index (χ2v) is 6.59. The number of carbonyl (C=O) groups excluding carboxylic acids is 1. The van der Waals surface area contributed by atoms with Crippen LogP contribution in [-0.4, -0.2) is 15.9 Å². The maximum Gasteiger partial charge on any atom is 0.355 e. The van der Waals surface area contributed by atoms with Gasteiger partial charge in [-0.1, -0.05) is 6.07 Å². The fourth-order valence-electron chi connectivity index (χ4n) is 3.17. The number of alkyl halides is 2. The van der Waals surface area contributed by atoms with Crippen LogP contribution in [0.4, 0.5) is 17.6 Å². The highest BCUT2D eigenvalue weighted by Gasteiger charge is 2.45. The van der Waals surface area contributed by atoms with Gasteiger partial charge in [-0.25, -0.2) is 8.78 Å². The molecule has 3 rings (SSSR count). The molecular formula is C20H14F4N4O2. The molecule has 1 atom stereocenters. The van der Waals surface area contributed by atoms with Crippen LogP contribution in [0.15, 0.2) is 35.3 Å². The molecule has 0 aliphatic carbocycles. The summed E-state index contributed by atoms with van der Waals surface area (Å²) in [5, 5.41) is 10.4. The van der Waals surface area contributed by atoms with Crippen LogP contribution < -0.4 is 10.9 Å². The molecule has 0 saturated carbocycles. The number of halogens is 4. The van der Waals surface area contributed by atoms with Gasteiger partial charge in [0.1, 0.15) is 17.7 Å². The molecule has 0 bridgehead atoms. The number of carbonyl (C=O) groups is 1. The third kappa shape index (κ3) is 3.50. The highest BCUT2D eigenvalue weighted by Crippen LogP contribution is 2.32.